The van der Waals surface area contributed by atoms with E-state index in [1.165, 1.54) is 12.3 Å². The largest absolute Gasteiger partial charge is 0.493 e. The highest BCUT2D eigenvalue weighted by Gasteiger charge is 2.17. The predicted octanol–water partition coefficient (Wildman–Crippen LogP) is 2.70. The SMILES string of the molecule is CC(C)(C)CCOc1ccc(S(N)(=O)=O)c2ncccc12. The molecule has 1 aromatic heterocycles. The van der Waals surface area contributed by atoms with Crippen molar-refractivity contribution in [3.05, 3.63) is 30.5 Å². The molecule has 2 aromatic rings. The van der Waals surface area contributed by atoms with Gasteiger partial charge in [0.25, 0.3) is 0 Å². The Morgan fingerprint density at radius 1 is 1.24 bits per heavy atom. The van der Waals surface area contributed by atoms with Crippen molar-refractivity contribution in [1.29, 1.82) is 0 Å². The van der Waals surface area contributed by atoms with Crippen LogP contribution in [0.3, 0.4) is 0 Å². The van der Waals surface area contributed by atoms with Gasteiger partial charge in [-0.1, -0.05) is 20.8 Å². The summed E-state index contributed by atoms with van der Waals surface area (Å²) in [6.45, 7) is 6.97. The molecular formula is C15H20N2O3S. The third-order valence-electron chi connectivity index (χ3n) is 3.11. The lowest BCUT2D eigenvalue weighted by atomic mass is 9.93. The Morgan fingerprint density at radius 2 is 1.95 bits per heavy atom. The Hall–Kier alpha value is -1.66. The van der Waals surface area contributed by atoms with Crippen molar-refractivity contribution in [3.63, 3.8) is 0 Å². The van der Waals surface area contributed by atoms with E-state index in [1.807, 2.05) is 0 Å². The highest BCUT2D eigenvalue weighted by Crippen LogP contribution is 2.29. The molecule has 0 amide bonds. The quantitative estimate of drug-likeness (QED) is 0.941. The molecule has 0 unspecified atom stereocenters. The lowest BCUT2D eigenvalue weighted by Crippen LogP contribution is -2.14. The number of primary sulfonamides is 1. The lowest BCUT2D eigenvalue weighted by molar-refractivity contribution is 0.245. The minimum Gasteiger partial charge on any atom is -0.493 e. The van der Waals surface area contributed by atoms with Crippen LogP contribution >= 0.6 is 0 Å². The summed E-state index contributed by atoms with van der Waals surface area (Å²) in [7, 11) is -3.81. The Labute approximate surface area is 125 Å². The van der Waals surface area contributed by atoms with Crippen LogP contribution < -0.4 is 9.88 Å². The van der Waals surface area contributed by atoms with Gasteiger partial charge in [0, 0.05) is 11.6 Å². The highest BCUT2D eigenvalue weighted by molar-refractivity contribution is 7.89. The molecule has 21 heavy (non-hydrogen) atoms. The van der Waals surface area contributed by atoms with Gasteiger partial charge in [0.2, 0.25) is 10.0 Å². The maximum Gasteiger partial charge on any atom is 0.240 e. The molecule has 2 rings (SSSR count). The zero-order valence-corrected chi connectivity index (χ0v) is 13.3. The van der Waals surface area contributed by atoms with Crippen molar-refractivity contribution < 1.29 is 13.2 Å². The van der Waals surface area contributed by atoms with E-state index in [2.05, 4.69) is 25.8 Å². The van der Waals surface area contributed by atoms with Crippen LogP contribution in [0.15, 0.2) is 35.4 Å². The molecule has 0 aliphatic carbocycles. The smallest absolute Gasteiger partial charge is 0.240 e. The first-order valence-electron chi connectivity index (χ1n) is 6.72. The van der Waals surface area contributed by atoms with Gasteiger partial charge < -0.3 is 4.74 Å². The number of hydrogen-bond donors (Lipinski definition) is 1. The van der Waals surface area contributed by atoms with Gasteiger partial charge in [0.15, 0.2) is 0 Å². The van der Waals surface area contributed by atoms with Crippen molar-refractivity contribution in [3.8, 4) is 5.75 Å². The van der Waals surface area contributed by atoms with E-state index in [4.69, 9.17) is 9.88 Å². The number of fused-ring (bicyclic) bond motifs is 1. The Kier molecular flexibility index (Phi) is 4.20. The molecule has 0 aliphatic rings. The van der Waals surface area contributed by atoms with Crippen molar-refractivity contribution in [1.82, 2.24) is 4.98 Å². The van der Waals surface area contributed by atoms with Gasteiger partial charge in [-0.15, -0.1) is 0 Å². The number of sulfonamides is 1. The van der Waals surface area contributed by atoms with Crippen LogP contribution in [0.5, 0.6) is 5.75 Å². The first-order chi connectivity index (χ1) is 9.68. The van der Waals surface area contributed by atoms with Crippen LogP contribution in [0.25, 0.3) is 10.9 Å². The molecule has 0 radical (unpaired) electrons. The van der Waals surface area contributed by atoms with Gasteiger partial charge >= 0.3 is 0 Å². The third-order valence-corrected chi connectivity index (χ3v) is 4.05. The molecule has 0 saturated heterocycles. The van der Waals surface area contributed by atoms with Crippen molar-refractivity contribution >= 4 is 20.9 Å². The lowest BCUT2D eigenvalue weighted by Gasteiger charge is -2.18. The van der Waals surface area contributed by atoms with E-state index in [9.17, 15) is 8.42 Å². The van der Waals surface area contributed by atoms with Crippen LogP contribution in [0.2, 0.25) is 0 Å². The average molecular weight is 308 g/mol. The first-order valence-corrected chi connectivity index (χ1v) is 8.26. The molecule has 6 heteroatoms. The summed E-state index contributed by atoms with van der Waals surface area (Å²) < 4.78 is 29.0. The second kappa shape index (κ2) is 5.61. The van der Waals surface area contributed by atoms with Crippen LogP contribution in [-0.2, 0) is 10.0 Å². The van der Waals surface area contributed by atoms with Gasteiger partial charge in [0.1, 0.15) is 10.6 Å². The van der Waals surface area contributed by atoms with Crippen LogP contribution in [0.1, 0.15) is 27.2 Å². The maximum absolute atomic E-state index is 11.6. The molecule has 0 fully saturated rings. The molecule has 1 aromatic carbocycles. The summed E-state index contributed by atoms with van der Waals surface area (Å²) in [5.74, 6) is 0.620. The first kappa shape index (κ1) is 15.7. The molecule has 0 aliphatic heterocycles. The van der Waals surface area contributed by atoms with Gasteiger partial charge in [-0.3, -0.25) is 4.98 Å². The van der Waals surface area contributed by atoms with Crippen molar-refractivity contribution in [2.75, 3.05) is 6.61 Å². The highest BCUT2D eigenvalue weighted by atomic mass is 32.2. The molecular weight excluding hydrogens is 288 g/mol. The van der Waals surface area contributed by atoms with Crippen molar-refractivity contribution in [2.24, 2.45) is 10.6 Å². The Morgan fingerprint density at radius 3 is 2.57 bits per heavy atom. The standard InChI is InChI=1S/C15H20N2O3S/c1-15(2,3)8-10-20-12-6-7-13(21(16,18)19)14-11(12)5-4-9-17-14/h4-7,9H,8,10H2,1-3H3,(H2,16,18,19). The van der Waals surface area contributed by atoms with Gasteiger partial charge in [0.05, 0.1) is 12.1 Å². The summed E-state index contributed by atoms with van der Waals surface area (Å²) in [6, 6.07) is 6.60. The summed E-state index contributed by atoms with van der Waals surface area (Å²) >= 11 is 0. The maximum atomic E-state index is 11.6. The summed E-state index contributed by atoms with van der Waals surface area (Å²) in [5, 5.41) is 5.87. The number of rotatable bonds is 4. The second-order valence-electron chi connectivity index (χ2n) is 6.17. The number of nitrogens with two attached hydrogens (primary N) is 1. The van der Waals surface area contributed by atoms with Gasteiger partial charge in [-0.2, -0.15) is 0 Å². The number of nitrogens with zero attached hydrogens (tertiary/aromatic N) is 1. The fraction of sp³-hybridized carbons (Fsp3) is 0.400. The number of hydrogen-bond acceptors (Lipinski definition) is 4. The second-order valence-corrected chi connectivity index (χ2v) is 7.70. The van der Waals surface area contributed by atoms with E-state index in [1.54, 1.807) is 18.2 Å². The predicted molar refractivity (Wildman–Crippen MR) is 82.7 cm³/mol. The van der Waals surface area contributed by atoms with E-state index in [0.29, 0.717) is 23.3 Å². The minimum atomic E-state index is -3.81. The van der Waals surface area contributed by atoms with Gasteiger partial charge in [-0.05, 0) is 36.1 Å². The molecule has 2 N–H and O–H groups in total. The van der Waals surface area contributed by atoms with E-state index in [0.717, 1.165) is 6.42 Å². The fourth-order valence-corrected chi connectivity index (χ4v) is 2.63. The van der Waals surface area contributed by atoms with Crippen LogP contribution in [0.4, 0.5) is 0 Å². The van der Waals surface area contributed by atoms with E-state index >= 15 is 0 Å². The monoisotopic (exact) mass is 308 g/mol. The third kappa shape index (κ3) is 3.92. The number of benzene rings is 1. The topological polar surface area (TPSA) is 82.3 Å². The molecule has 0 atom stereocenters. The Bertz CT molecular complexity index is 749. The minimum absolute atomic E-state index is 0.0151. The van der Waals surface area contributed by atoms with Gasteiger partial charge in [-0.25, -0.2) is 13.6 Å². The average Bonchev–Trinajstić information content (AvgIpc) is 2.36. The molecule has 0 bridgehead atoms. The van der Waals surface area contributed by atoms with Crippen LogP contribution in [0, 0.1) is 5.41 Å². The molecule has 1 heterocycles. The summed E-state index contributed by atoms with van der Waals surface area (Å²) in [6.07, 6.45) is 2.43. The number of pyridine rings is 1. The Balaban J connectivity index is 2.39. The van der Waals surface area contributed by atoms with Crippen molar-refractivity contribution in [2.45, 2.75) is 32.1 Å². The zero-order valence-electron chi connectivity index (χ0n) is 12.5. The summed E-state index contributed by atoms with van der Waals surface area (Å²) in [5.41, 5.74) is 0.516. The number of ether oxygens (including phenoxy) is 1. The van der Waals surface area contributed by atoms with E-state index in [-0.39, 0.29) is 10.3 Å². The summed E-state index contributed by atoms with van der Waals surface area (Å²) in [4.78, 5) is 4.14. The zero-order chi connectivity index (χ0) is 15.7. The van der Waals surface area contributed by atoms with Crippen LogP contribution in [-0.4, -0.2) is 20.0 Å². The normalized spacial score (nSPS) is 12.6. The fourth-order valence-electron chi connectivity index (χ4n) is 1.94. The molecule has 5 nitrogen and oxygen atoms in total. The van der Waals surface area contributed by atoms with E-state index < -0.39 is 10.0 Å². The molecule has 0 saturated carbocycles. The molecule has 0 spiro atoms. The number of aromatic nitrogens is 1. The molecule has 114 valence electrons.